The zero-order chi connectivity index (χ0) is 9.70. The van der Waals surface area contributed by atoms with Gasteiger partial charge < -0.3 is 4.90 Å². The number of nitrogens with zero attached hydrogens (tertiary/aromatic N) is 1. The fourth-order valence-corrected chi connectivity index (χ4v) is 0.296. The van der Waals surface area contributed by atoms with Gasteiger partial charge in [0.25, 0.3) is 0 Å². The summed E-state index contributed by atoms with van der Waals surface area (Å²) >= 11 is 0. The van der Waals surface area contributed by atoms with Crippen molar-refractivity contribution in [2.75, 3.05) is 7.05 Å². The van der Waals surface area contributed by atoms with Crippen LogP contribution >= 0.6 is 0 Å². The first-order valence-corrected chi connectivity index (χ1v) is 4.28. The van der Waals surface area contributed by atoms with Gasteiger partial charge in [0.05, 0.1) is 0 Å². The van der Waals surface area contributed by atoms with Crippen LogP contribution in [0.3, 0.4) is 0 Å². The second-order valence-electron chi connectivity index (χ2n) is 1.33. The first-order valence-electron chi connectivity index (χ1n) is 4.28. The van der Waals surface area contributed by atoms with Crippen LogP contribution in [-0.4, -0.2) is 11.9 Å². The molecule has 0 fully saturated rings. The van der Waals surface area contributed by atoms with Crippen molar-refractivity contribution in [1.29, 1.82) is 0 Å². The predicted octanol–water partition coefficient (Wildman–Crippen LogP) is 3.65. The van der Waals surface area contributed by atoms with Crippen molar-refractivity contribution < 1.29 is 0 Å². The smallest absolute Gasteiger partial charge is 0.0106 e. The first kappa shape index (κ1) is 16.7. The van der Waals surface area contributed by atoms with Crippen LogP contribution < -0.4 is 0 Å². The molecule has 0 bridgehead atoms. The lowest BCUT2D eigenvalue weighted by Gasteiger charge is -2.02. The highest BCUT2D eigenvalue weighted by molar-refractivity contribution is 4.81. The lowest BCUT2D eigenvalue weighted by atomic mass is 10.6. The summed E-state index contributed by atoms with van der Waals surface area (Å²) in [4.78, 5) is 1.89. The highest BCUT2D eigenvalue weighted by Gasteiger charge is 1.71. The minimum absolute atomic E-state index is 1.75. The largest absolute Gasteiger partial charge is 0.358 e. The minimum Gasteiger partial charge on any atom is -0.358 e. The summed E-state index contributed by atoms with van der Waals surface area (Å²) in [6.45, 7) is 13.5. The van der Waals surface area contributed by atoms with Gasteiger partial charge in [-0.3, -0.25) is 0 Å². The van der Waals surface area contributed by atoms with Gasteiger partial charge in [-0.2, -0.15) is 0 Å². The monoisotopic (exact) mass is 157 g/mol. The Labute approximate surface area is 72.4 Å². The lowest BCUT2D eigenvalue weighted by molar-refractivity contribution is 0.627. The van der Waals surface area contributed by atoms with E-state index in [4.69, 9.17) is 0 Å². The maximum absolute atomic E-state index is 3.55. The van der Waals surface area contributed by atoms with E-state index in [0.29, 0.717) is 0 Å². The molecule has 0 aromatic rings. The third-order valence-corrected chi connectivity index (χ3v) is 0.672. The number of hydrogen-bond donors (Lipinski definition) is 0. The Bertz CT molecular complexity index is 74.9. The van der Waals surface area contributed by atoms with Crippen molar-refractivity contribution in [3.05, 3.63) is 25.1 Å². The van der Waals surface area contributed by atoms with Crippen molar-refractivity contribution in [3.63, 3.8) is 0 Å². The standard InChI is InChI=1S/C6H11N.2C2H6/c1-4-6-7(3)5-2;2*1-2/h4-6H,2H2,1,3H3;2*1-2H3/b6-4-;;. The van der Waals surface area contributed by atoms with Gasteiger partial charge in [-0.15, -0.1) is 0 Å². The second-order valence-corrected chi connectivity index (χ2v) is 1.33. The van der Waals surface area contributed by atoms with Crippen LogP contribution in [0.2, 0.25) is 0 Å². The molecule has 68 valence electrons. The molecule has 1 nitrogen and oxygen atoms in total. The molecule has 0 rings (SSSR count). The summed E-state index contributed by atoms with van der Waals surface area (Å²) in [7, 11) is 1.94. The molecule has 0 amide bonds. The van der Waals surface area contributed by atoms with E-state index in [0.717, 1.165) is 0 Å². The van der Waals surface area contributed by atoms with Crippen LogP contribution in [-0.2, 0) is 0 Å². The van der Waals surface area contributed by atoms with E-state index in [2.05, 4.69) is 6.58 Å². The molecular formula is C10H23N. The van der Waals surface area contributed by atoms with E-state index in [1.165, 1.54) is 0 Å². The third kappa shape index (κ3) is 26.8. The first-order chi connectivity index (χ1) is 5.31. The van der Waals surface area contributed by atoms with Gasteiger partial charge in [0.2, 0.25) is 0 Å². The summed E-state index contributed by atoms with van der Waals surface area (Å²) in [5.74, 6) is 0. The van der Waals surface area contributed by atoms with E-state index in [1.54, 1.807) is 6.20 Å². The van der Waals surface area contributed by atoms with E-state index < -0.39 is 0 Å². The number of allylic oxidation sites excluding steroid dienone is 1. The molecular weight excluding hydrogens is 134 g/mol. The van der Waals surface area contributed by atoms with E-state index >= 15 is 0 Å². The Morgan fingerprint density at radius 3 is 1.55 bits per heavy atom. The molecule has 0 spiro atoms. The van der Waals surface area contributed by atoms with Gasteiger partial charge in [0.15, 0.2) is 0 Å². The van der Waals surface area contributed by atoms with Gasteiger partial charge in [0.1, 0.15) is 0 Å². The SMILES string of the molecule is C=CN(C)/C=C\C.CC.CC. The summed E-state index contributed by atoms with van der Waals surface area (Å²) in [6, 6.07) is 0. The van der Waals surface area contributed by atoms with E-state index in [1.807, 2.05) is 58.8 Å². The highest BCUT2D eigenvalue weighted by atomic mass is 15.0. The molecule has 0 saturated heterocycles. The molecule has 0 unspecified atom stereocenters. The molecule has 0 aromatic carbocycles. The molecule has 0 heterocycles. The van der Waals surface area contributed by atoms with Crippen molar-refractivity contribution in [2.45, 2.75) is 34.6 Å². The molecule has 11 heavy (non-hydrogen) atoms. The van der Waals surface area contributed by atoms with E-state index in [-0.39, 0.29) is 0 Å². The third-order valence-electron chi connectivity index (χ3n) is 0.672. The summed E-state index contributed by atoms with van der Waals surface area (Å²) in [5.41, 5.74) is 0. The van der Waals surface area contributed by atoms with Crippen LogP contribution in [0.5, 0.6) is 0 Å². The Morgan fingerprint density at radius 1 is 1.09 bits per heavy atom. The van der Waals surface area contributed by atoms with Gasteiger partial charge >= 0.3 is 0 Å². The fourth-order valence-electron chi connectivity index (χ4n) is 0.296. The van der Waals surface area contributed by atoms with Gasteiger partial charge in [0, 0.05) is 7.05 Å². The van der Waals surface area contributed by atoms with Crippen LogP contribution in [0.4, 0.5) is 0 Å². The maximum atomic E-state index is 3.55. The second kappa shape index (κ2) is 22.8. The van der Waals surface area contributed by atoms with Crippen LogP contribution in [0.1, 0.15) is 34.6 Å². The Kier molecular flexibility index (Phi) is 34.7. The van der Waals surface area contributed by atoms with Crippen molar-refractivity contribution in [1.82, 2.24) is 4.90 Å². The zero-order valence-corrected chi connectivity index (χ0v) is 8.89. The quantitative estimate of drug-likeness (QED) is 0.591. The van der Waals surface area contributed by atoms with Crippen LogP contribution in [0.25, 0.3) is 0 Å². The Hall–Kier alpha value is -0.720. The van der Waals surface area contributed by atoms with Gasteiger partial charge in [-0.25, -0.2) is 0 Å². The molecule has 0 saturated carbocycles. The molecule has 1 heteroatoms. The summed E-state index contributed by atoms with van der Waals surface area (Å²) < 4.78 is 0. The summed E-state index contributed by atoms with van der Waals surface area (Å²) in [6.07, 6.45) is 5.65. The topological polar surface area (TPSA) is 3.24 Å². The predicted molar refractivity (Wildman–Crippen MR) is 55.5 cm³/mol. The van der Waals surface area contributed by atoms with Crippen molar-refractivity contribution in [2.24, 2.45) is 0 Å². The van der Waals surface area contributed by atoms with E-state index in [9.17, 15) is 0 Å². The van der Waals surface area contributed by atoms with Gasteiger partial charge in [-0.05, 0) is 19.3 Å². The lowest BCUT2D eigenvalue weighted by Crippen LogP contribution is -1.97. The highest BCUT2D eigenvalue weighted by Crippen LogP contribution is 1.80. The average molecular weight is 157 g/mol. The maximum Gasteiger partial charge on any atom is 0.0106 e. The minimum atomic E-state index is 1.75. The molecule has 0 aliphatic carbocycles. The van der Waals surface area contributed by atoms with Gasteiger partial charge in [-0.1, -0.05) is 40.3 Å². The fraction of sp³-hybridized carbons (Fsp3) is 0.600. The number of hydrogen-bond acceptors (Lipinski definition) is 1. The summed E-state index contributed by atoms with van der Waals surface area (Å²) in [5, 5.41) is 0. The Morgan fingerprint density at radius 2 is 1.45 bits per heavy atom. The van der Waals surface area contributed by atoms with Crippen LogP contribution in [0, 0.1) is 0 Å². The average Bonchev–Trinajstić information content (AvgIpc) is 2.12. The number of rotatable bonds is 2. The zero-order valence-electron chi connectivity index (χ0n) is 8.89. The molecule has 0 aromatic heterocycles. The van der Waals surface area contributed by atoms with Crippen molar-refractivity contribution in [3.8, 4) is 0 Å². The molecule has 0 radical (unpaired) electrons. The molecule has 0 aliphatic rings. The Balaban J connectivity index is -0.000000138. The molecule has 0 aliphatic heterocycles. The normalized spacial score (nSPS) is 7.09. The molecule has 0 atom stereocenters. The van der Waals surface area contributed by atoms with Crippen LogP contribution in [0.15, 0.2) is 25.1 Å². The van der Waals surface area contributed by atoms with Crippen molar-refractivity contribution >= 4 is 0 Å². The molecule has 0 N–H and O–H groups in total.